The maximum atomic E-state index is 11.7. The zero-order valence-electron chi connectivity index (χ0n) is 11.1. The number of phenols is 1. The van der Waals surface area contributed by atoms with Gasteiger partial charge in [0.1, 0.15) is 0 Å². The molecule has 0 aliphatic rings. The number of anilines is 3. The minimum Gasteiger partial charge on any atom is -0.504 e. The monoisotopic (exact) mass is 272 g/mol. The van der Waals surface area contributed by atoms with Crippen LogP contribution in [0.4, 0.5) is 17.1 Å². The zero-order valence-corrected chi connectivity index (χ0v) is 11.1. The van der Waals surface area contributed by atoms with Crippen LogP contribution in [0.15, 0.2) is 42.5 Å². The van der Waals surface area contributed by atoms with E-state index in [1.807, 2.05) is 0 Å². The fourth-order valence-electron chi connectivity index (χ4n) is 1.76. The van der Waals surface area contributed by atoms with Gasteiger partial charge < -0.3 is 20.9 Å². The van der Waals surface area contributed by atoms with Crippen LogP contribution >= 0.6 is 0 Å². The Labute approximate surface area is 117 Å². The van der Waals surface area contributed by atoms with Gasteiger partial charge in [0.15, 0.2) is 5.75 Å². The predicted octanol–water partition coefficient (Wildman–Crippen LogP) is 2.89. The van der Waals surface area contributed by atoms with Crippen LogP contribution in [-0.2, 0) is 4.74 Å². The van der Waals surface area contributed by atoms with E-state index in [1.165, 1.54) is 0 Å². The number of hydrogen-bond acceptors (Lipinski definition) is 5. The van der Waals surface area contributed by atoms with E-state index >= 15 is 0 Å². The molecule has 0 heterocycles. The van der Waals surface area contributed by atoms with Crippen molar-refractivity contribution in [3.05, 3.63) is 48.0 Å². The molecule has 104 valence electrons. The molecule has 0 unspecified atom stereocenters. The summed E-state index contributed by atoms with van der Waals surface area (Å²) in [6.45, 7) is 2.08. The molecule has 0 radical (unpaired) electrons. The van der Waals surface area contributed by atoms with E-state index in [4.69, 9.17) is 10.5 Å². The molecule has 2 aromatic rings. The maximum absolute atomic E-state index is 11.7. The van der Waals surface area contributed by atoms with Gasteiger partial charge >= 0.3 is 5.97 Å². The number of rotatable bonds is 4. The molecule has 20 heavy (non-hydrogen) atoms. The molecule has 2 aromatic carbocycles. The van der Waals surface area contributed by atoms with Crippen molar-refractivity contribution in [3.8, 4) is 5.75 Å². The van der Waals surface area contributed by atoms with Crippen molar-refractivity contribution in [2.75, 3.05) is 17.7 Å². The Bertz CT molecular complexity index is 626. The van der Waals surface area contributed by atoms with Crippen molar-refractivity contribution in [1.29, 1.82) is 0 Å². The van der Waals surface area contributed by atoms with Gasteiger partial charge in [-0.1, -0.05) is 12.1 Å². The average Bonchev–Trinajstić information content (AvgIpc) is 2.44. The largest absolute Gasteiger partial charge is 0.504 e. The summed E-state index contributed by atoms with van der Waals surface area (Å²) in [6.07, 6.45) is 0. The summed E-state index contributed by atoms with van der Waals surface area (Å²) in [5.41, 5.74) is 7.50. The third-order valence-corrected chi connectivity index (χ3v) is 2.72. The van der Waals surface area contributed by atoms with E-state index < -0.39 is 0 Å². The maximum Gasteiger partial charge on any atom is 0.338 e. The Morgan fingerprint density at radius 1 is 1.30 bits per heavy atom. The fraction of sp³-hybridized carbons (Fsp3) is 0.133. The fourth-order valence-corrected chi connectivity index (χ4v) is 1.76. The van der Waals surface area contributed by atoms with Gasteiger partial charge in [0.25, 0.3) is 0 Å². The first kappa shape index (κ1) is 13.7. The molecular formula is C15H16N2O3. The van der Waals surface area contributed by atoms with E-state index in [1.54, 1.807) is 49.4 Å². The molecule has 0 aliphatic carbocycles. The van der Waals surface area contributed by atoms with Gasteiger partial charge in [-0.25, -0.2) is 4.79 Å². The second kappa shape index (κ2) is 5.97. The van der Waals surface area contributed by atoms with E-state index in [9.17, 15) is 9.90 Å². The summed E-state index contributed by atoms with van der Waals surface area (Å²) in [4.78, 5) is 11.7. The summed E-state index contributed by atoms with van der Waals surface area (Å²) in [6, 6.07) is 11.9. The number of phenolic OH excluding ortho intramolecular Hbond substituents is 1. The molecule has 5 nitrogen and oxygen atoms in total. The first-order valence-electron chi connectivity index (χ1n) is 6.23. The third kappa shape index (κ3) is 3.00. The SMILES string of the molecule is CCOC(=O)c1cccc(Nc2cccc(N)c2O)c1. The summed E-state index contributed by atoms with van der Waals surface area (Å²) in [7, 11) is 0. The molecular weight excluding hydrogens is 256 g/mol. The number of ether oxygens (including phenoxy) is 1. The lowest BCUT2D eigenvalue weighted by atomic mass is 10.2. The van der Waals surface area contributed by atoms with E-state index in [0.29, 0.717) is 23.5 Å². The third-order valence-electron chi connectivity index (χ3n) is 2.72. The Kier molecular flexibility index (Phi) is 4.10. The number of hydrogen-bond donors (Lipinski definition) is 3. The van der Waals surface area contributed by atoms with E-state index in [0.717, 1.165) is 0 Å². The van der Waals surface area contributed by atoms with Crippen LogP contribution in [-0.4, -0.2) is 17.7 Å². The van der Waals surface area contributed by atoms with Crippen LogP contribution in [0.1, 0.15) is 17.3 Å². The first-order valence-corrected chi connectivity index (χ1v) is 6.23. The quantitative estimate of drug-likeness (QED) is 0.453. The minimum atomic E-state index is -0.382. The Hall–Kier alpha value is -2.69. The van der Waals surface area contributed by atoms with Gasteiger partial charge in [0.05, 0.1) is 23.5 Å². The molecule has 0 saturated heterocycles. The minimum absolute atomic E-state index is 0.0194. The number of esters is 1. The summed E-state index contributed by atoms with van der Waals surface area (Å²) < 4.78 is 4.94. The summed E-state index contributed by atoms with van der Waals surface area (Å²) >= 11 is 0. The van der Waals surface area contributed by atoms with Crippen molar-refractivity contribution in [2.45, 2.75) is 6.92 Å². The van der Waals surface area contributed by atoms with Crippen LogP contribution in [0.3, 0.4) is 0 Å². The van der Waals surface area contributed by atoms with Gasteiger partial charge in [0.2, 0.25) is 0 Å². The van der Waals surface area contributed by atoms with Crippen molar-refractivity contribution >= 4 is 23.0 Å². The molecule has 2 rings (SSSR count). The highest BCUT2D eigenvalue weighted by Gasteiger charge is 2.08. The predicted molar refractivity (Wildman–Crippen MR) is 78.2 cm³/mol. The summed E-state index contributed by atoms with van der Waals surface area (Å²) in [5, 5.41) is 12.9. The smallest absolute Gasteiger partial charge is 0.338 e. The van der Waals surface area contributed by atoms with Gasteiger partial charge in [-0.3, -0.25) is 0 Å². The number of aromatic hydroxyl groups is 1. The average molecular weight is 272 g/mol. The van der Waals surface area contributed by atoms with Crippen LogP contribution in [0, 0.1) is 0 Å². The molecule has 4 N–H and O–H groups in total. The van der Waals surface area contributed by atoms with Gasteiger partial charge in [-0.05, 0) is 37.3 Å². The molecule has 5 heteroatoms. The molecule has 0 fully saturated rings. The Morgan fingerprint density at radius 3 is 2.80 bits per heavy atom. The van der Waals surface area contributed by atoms with E-state index in [2.05, 4.69) is 5.32 Å². The standard InChI is InChI=1S/C15H16N2O3/c1-2-20-15(19)10-5-3-6-11(9-10)17-13-8-4-7-12(16)14(13)18/h3-9,17-18H,2,16H2,1H3. The van der Waals surface area contributed by atoms with Crippen LogP contribution in [0.5, 0.6) is 5.75 Å². The topological polar surface area (TPSA) is 84.6 Å². The molecule has 0 aliphatic heterocycles. The van der Waals surface area contributed by atoms with Crippen LogP contribution < -0.4 is 11.1 Å². The van der Waals surface area contributed by atoms with Crippen LogP contribution in [0.25, 0.3) is 0 Å². The normalized spacial score (nSPS) is 10.1. The highest BCUT2D eigenvalue weighted by atomic mass is 16.5. The molecule has 0 atom stereocenters. The molecule has 0 aromatic heterocycles. The molecule has 0 bridgehead atoms. The zero-order chi connectivity index (χ0) is 14.5. The molecule has 0 spiro atoms. The number of nitrogens with one attached hydrogen (secondary N) is 1. The van der Waals surface area contributed by atoms with Crippen molar-refractivity contribution < 1.29 is 14.6 Å². The van der Waals surface area contributed by atoms with Crippen LogP contribution in [0.2, 0.25) is 0 Å². The Morgan fingerprint density at radius 2 is 2.05 bits per heavy atom. The summed E-state index contributed by atoms with van der Waals surface area (Å²) in [5.74, 6) is -0.401. The number of carbonyl (C=O) groups is 1. The van der Waals surface area contributed by atoms with E-state index in [-0.39, 0.29) is 17.4 Å². The lowest BCUT2D eigenvalue weighted by molar-refractivity contribution is 0.0526. The highest BCUT2D eigenvalue weighted by molar-refractivity contribution is 5.91. The second-order valence-electron chi connectivity index (χ2n) is 4.17. The molecule has 0 saturated carbocycles. The number of para-hydroxylation sites is 1. The lowest BCUT2D eigenvalue weighted by Crippen LogP contribution is -2.05. The number of carbonyl (C=O) groups excluding carboxylic acids is 1. The first-order chi connectivity index (χ1) is 9.61. The van der Waals surface area contributed by atoms with Crippen molar-refractivity contribution in [1.82, 2.24) is 0 Å². The van der Waals surface area contributed by atoms with Gasteiger partial charge in [-0.2, -0.15) is 0 Å². The van der Waals surface area contributed by atoms with Gasteiger partial charge in [-0.15, -0.1) is 0 Å². The highest BCUT2D eigenvalue weighted by Crippen LogP contribution is 2.31. The number of benzene rings is 2. The van der Waals surface area contributed by atoms with Gasteiger partial charge in [0, 0.05) is 5.69 Å². The number of nitrogens with two attached hydrogens (primary N) is 1. The lowest BCUT2D eigenvalue weighted by Gasteiger charge is -2.10. The van der Waals surface area contributed by atoms with Crippen molar-refractivity contribution in [2.24, 2.45) is 0 Å². The second-order valence-corrected chi connectivity index (χ2v) is 4.17. The van der Waals surface area contributed by atoms with Crippen molar-refractivity contribution in [3.63, 3.8) is 0 Å². The molecule has 0 amide bonds. The Balaban J connectivity index is 2.24. The number of nitrogen functional groups attached to an aromatic ring is 1.